The molecule has 6 rings (SSSR count). The van der Waals surface area contributed by atoms with Gasteiger partial charge in [0.05, 0.1) is 66.6 Å². The summed E-state index contributed by atoms with van der Waals surface area (Å²) in [6, 6.07) is 13.0. The molecule has 3 saturated heterocycles. The van der Waals surface area contributed by atoms with Gasteiger partial charge in [-0.2, -0.15) is 5.10 Å². The Kier molecular flexibility index (Phi) is 24.1. The molecule has 5 N–H and O–H groups in total. The maximum absolute atomic E-state index is 14.8. The summed E-state index contributed by atoms with van der Waals surface area (Å²) in [5, 5.41) is 69.6. The highest BCUT2D eigenvalue weighted by Gasteiger charge is 2.54. The van der Waals surface area contributed by atoms with E-state index in [2.05, 4.69) is 95.0 Å². The summed E-state index contributed by atoms with van der Waals surface area (Å²) in [5.74, 6) is -3.61. The van der Waals surface area contributed by atoms with Crippen LogP contribution in [0, 0.1) is 51.4 Å². The number of methoxy groups -OCH3 is 1. The minimum atomic E-state index is -2.17. The Morgan fingerprint density at radius 2 is 1.41 bits per heavy atom. The number of carbonyl (C=O) groups excluding carboxylic acids is 2. The molecule has 4 heterocycles. The predicted molar refractivity (Wildman–Crippen MR) is 330 cm³/mol. The van der Waals surface area contributed by atoms with Crippen molar-refractivity contribution in [3.05, 3.63) is 71.0 Å². The van der Waals surface area contributed by atoms with E-state index in [-0.39, 0.29) is 62.2 Å². The Labute approximate surface area is 498 Å². The lowest BCUT2D eigenvalue weighted by Gasteiger charge is -2.50. The number of nitrogens with zero attached hydrogens (tertiary/aromatic N) is 4. The van der Waals surface area contributed by atoms with E-state index in [1.807, 2.05) is 46.7 Å². The standard InChI is InChI=1S/C66H108N4O12P/c1-19-56-66(15,77)61(74)48(12)69(57(72)25-23-21-20-22-24-26-83(50-29-40(4)27-41(5)30-50,51-31-42(6)28-43(7)32-51)52-36-67-70(38-52)39(2)3)37-44(8)33-54(71)60(82-64-59(73)53(68(16)17)34-45(9)79-64)46(10)58(47(11)63(76)81-56)55-35-65(14,78-18)62(75)49(13)80-55/h27-32,36,38-39,44-49,53-56,58-62,64,71,73-75,77H,19-26,33-35,37H2,1-18H3/q+1/t44-,45-,46+,47-,48-,49+,53+,54-,55?,56-,58+,59-,60-,61-,62+,64+,65-,66-/m1/s1. The van der Waals surface area contributed by atoms with Crippen LogP contribution in [-0.4, -0.2) is 175 Å². The van der Waals surface area contributed by atoms with Crippen molar-refractivity contribution in [1.82, 2.24) is 19.6 Å². The van der Waals surface area contributed by atoms with Gasteiger partial charge in [-0.25, -0.2) is 0 Å². The average molecular weight is 1180 g/mol. The van der Waals surface area contributed by atoms with Crippen LogP contribution in [0.25, 0.3) is 0 Å². The number of cyclic esters (lactones) is 1. The molecule has 1 aromatic heterocycles. The number of rotatable bonds is 18. The topological polar surface area (TPSA) is 206 Å². The van der Waals surface area contributed by atoms with E-state index in [4.69, 9.17) is 28.8 Å². The zero-order valence-electron chi connectivity index (χ0n) is 53.7. The first-order valence-corrected chi connectivity index (χ1v) is 33.1. The van der Waals surface area contributed by atoms with Gasteiger partial charge < -0.3 is 59.0 Å². The largest absolute Gasteiger partial charge is 0.459 e. The molecule has 3 aliphatic heterocycles. The summed E-state index contributed by atoms with van der Waals surface area (Å²) < 4.78 is 34.1. The second-order valence-corrected chi connectivity index (χ2v) is 30.3. The minimum Gasteiger partial charge on any atom is -0.459 e. The average Bonchev–Trinajstić information content (AvgIpc) is 2.31. The monoisotopic (exact) mass is 1180 g/mol. The molecule has 83 heavy (non-hydrogen) atoms. The summed E-state index contributed by atoms with van der Waals surface area (Å²) in [6.45, 7) is 29.2. The number of aliphatic hydroxyl groups excluding tert-OH is 4. The van der Waals surface area contributed by atoms with Gasteiger partial charge in [-0.1, -0.05) is 52.7 Å². The second-order valence-electron chi connectivity index (χ2n) is 26.7. The lowest BCUT2D eigenvalue weighted by Crippen LogP contribution is -2.61. The van der Waals surface area contributed by atoms with Crippen LogP contribution in [-0.2, 0) is 33.3 Å². The molecule has 3 aliphatic rings. The Hall–Kier alpha value is -3.38. The summed E-state index contributed by atoms with van der Waals surface area (Å²) in [6.07, 6.45) is 0.905. The number of ether oxygens (including phenoxy) is 5. The van der Waals surface area contributed by atoms with Gasteiger partial charge in [-0.3, -0.25) is 14.3 Å². The van der Waals surface area contributed by atoms with E-state index in [0.29, 0.717) is 12.8 Å². The fourth-order valence-electron chi connectivity index (χ4n) is 14.2. The Bertz CT molecular complexity index is 2490. The van der Waals surface area contributed by atoms with Crippen molar-refractivity contribution in [2.75, 3.05) is 33.9 Å². The predicted octanol–water partition coefficient (Wildman–Crippen LogP) is 8.03. The molecule has 16 nitrogen and oxygen atoms in total. The number of amides is 1. The van der Waals surface area contributed by atoms with Crippen LogP contribution in [0.4, 0.5) is 0 Å². The first-order valence-electron chi connectivity index (χ1n) is 31.1. The molecule has 1 amide bonds. The molecule has 1 unspecified atom stereocenters. The summed E-state index contributed by atoms with van der Waals surface area (Å²) in [7, 11) is 3.14. The highest BCUT2D eigenvalue weighted by atomic mass is 31.2. The smallest absolute Gasteiger partial charge is 0.309 e. The lowest BCUT2D eigenvalue weighted by molar-refractivity contribution is -0.291. The van der Waals surface area contributed by atoms with Crippen LogP contribution < -0.4 is 15.9 Å². The highest BCUT2D eigenvalue weighted by Crippen LogP contribution is 2.57. The number of aliphatic hydroxyl groups is 5. The summed E-state index contributed by atoms with van der Waals surface area (Å²) in [4.78, 5) is 33.2. The number of likely N-dealkylation sites (N-methyl/N-ethyl adjacent to an activating group) is 1. The zero-order valence-corrected chi connectivity index (χ0v) is 54.6. The van der Waals surface area contributed by atoms with Gasteiger partial charge in [-0.15, -0.1) is 0 Å². The number of aryl methyl sites for hydroxylation is 4. The molecule has 0 saturated carbocycles. The summed E-state index contributed by atoms with van der Waals surface area (Å²) in [5.41, 5.74) is 1.90. The first-order chi connectivity index (χ1) is 38.9. The SMILES string of the molecule is CC[C@H]1OC(=O)[C@H](C)[C@@H](C2C[C@@](C)(OC)[C@@H](O)[C@H](C)O2)[C@H](C)[C@@H](O[C@@H]2O[C@H](C)C[C@H](N(C)C)[C@H]2O)[C@H](O)C[C@@H](C)CN(C(=O)CCCCCCC[P+](c2cc(C)cc(C)c2)(c2cc(C)cc(C)c2)c2cnn(C(C)C)c2)[C@H](C)[C@@H](O)[C@]1(C)O. The van der Waals surface area contributed by atoms with Crippen molar-refractivity contribution in [3.63, 3.8) is 0 Å². The van der Waals surface area contributed by atoms with Crippen molar-refractivity contribution in [2.24, 2.45) is 23.7 Å². The van der Waals surface area contributed by atoms with Crippen molar-refractivity contribution >= 4 is 35.1 Å². The number of unbranched alkanes of at least 4 members (excludes halogenated alkanes) is 4. The molecule has 3 aromatic rings. The van der Waals surface area contributed by atoms with E-state index in [1.165, 1.54) is 52.2 Å². The van der Waals surface area contributed by atoms with E-state index in [9.17, 15) is 35.1 Å². The van der Waals surface area contributed by atoms with Gasteiger partial charge in [0.25, 0.3) is 0 Å². The molecule has 468 valence electrons. The van der Waals surface area contributed by atoms with Crippen LogP contribution in [0.2, 0.25) is 0 Å². The third-order valence-electron chi connectivity index (χ3n) is 19.0. The Morgan fingerprint density at radius 3 is 1.95 bits per heavy atom. The van der Waals surface area contributed by atoms with Crippen LogP contribution in [0.15, 0.2) is 48.8 Å². The molecule has 17 heteroatoms. The van der Waals surface area contributed by atoms with Crippen LogP contribution in [0.3, 0.4) is 0 Å². The zero-order chi connectivity index (χ0) is 61.6. The van der Waals surface area contributed by atoms with E-state index >= 15 is 0 Å². The highest BCUT2D eigenvalue weighted by molar-refractivity contribution is 7.95. The Morgan fingerprint density at radius 1 is 0.831 bits per heavy atom. The van der Waals surface area contributed by atoms with Crippen LogP contribution in [0.5, 0.6) is 0 Å². The van der Waals surface area contributed by atoms with Gasteiger partial charge in [0.1, 0.15) is 53.2 Å². The number of aromatic nitrogens is 2. The molecule has 18 atom stereocenters. The van der Waals surface area contributed by atoms with Crippen molar-refractivity contribution in [3.8, 4) is 0 Å². The van der Waals surface area contributed by atoms with Crippen molar-refractivity contribution < 1.29 is 58.8 Å². The Balaban J connectivity index is 1.27. The first kappa shape index (κ1) is 68.7. The molecule has 0 aliphatic carbocycles. The van der Waals surface area contributed by atoms with Crippen molar-refractivity contribution in [2.45, 2.75) is 259 Å². The lowest BCUT2D eigenvalue weighted by atomic mass is 9.70. The number of esters is 1. The molecule has 0 spiro atoms. The van der Waals surface area contributed by atoms with Gasteiger partial charge in [-0.05, 0) is 187 Å². The quantitative estimate of drug-likeness (QED) is 0.0465. The number of benzene rings is 2. The molecular weight excluding hydrogens is 1070 g/mol. The molecule has 2 aromatic carbocycles. The maximum Gasteiger partial charge on any atom is 0.309 e. The van der Waals surface area contributed by atoms with Crippen LogP contribution >= 0.6 is 7.26 Å². The van der Waals surface area contributed by atoms with E-state index in [0.717, 1.165) is 31.8 Å². The maximum atomic E-state index is 14.8. The minimum absolute atomic E-state index is 0.125. The normalized spacial score (nSPS) is 34.6. The number of hydrogen-bond donors (Lipinski definition) is 5. The third-order valence-corrected chi connectivity index (χ3v) is 23.4. The van der Waals surface area contributed by atoms with Gasteiger partial charge in [0.2, 0.25) is 5.91 Å². The number of carbonyl (C=O) groups is 2. The molecule has 0 bridgehead atoms. The fraction of sp³-hybridized carbons (Fsp3) is 0.742. The van der Waals surface area contributed by atoms with E-state index < -0.39 is 103 Å². The van der Waals surface area contributed by atoms with Gasteiger partial charge in [0.15, 0.2) is 6.29 Å². The molecule has 0 radical (unpaired) electrons. The molecule has 3 fully saturated rings. The van der Waals surface area contributed by atoms with E-state index in [1.54, 1.807) is 32.6 Å². The molecular formula is C66H108N4O12P+. The van der Waals surface area contributed by atoms with Crippen LogP contribution in [0.1, 0.15) is 169 Å². The van der Waals surface area contributed by atoms with Crippen molar-refractivity contribution in [1.29, 1.82) is 0 Å². The fourth-order valence-corrected chi connectivity index (χ4v) is 18.8. The summed E-state index contributed by atoms with van der Waals surface area (Å²) >= 11 is 0. The second kappa shape index (κ2) is 29.1. The third kappa shape index (κ3) is 15.9. The van der Waals surface area contributed by atoms with Gasteiger partial charge in [0, 0.05) is 44.5 Å². The van der Waals surface area contributed by atoms with Gasteiger partial charge >= 0.3 is 5.97 Å². The number of hydrogen-bond acceptors (Lipinski definition) is 14.